The minimum atomic E-state index is -0.550. The molecule has 154 valence electrons. The number of likely N-dealkylation sites (N-methyl/N-ethyl adjacent to an activating group) is 1. The van der Waals surface area contributed by atoms with Gasteiger partial charge in [0.15, 0.2) is 11.5 Å². The molecule has 6 heteroatoms. The van der Waals surface area contributed by atoms with Crippen LogP contribution in [0.5, 0.6) is 11.5 Å². The molecule has 1 aromatic heterocycles. The van der Waals surface area contributed by atoms with E-state index in [1.807, 2.05) is 37.5 Å². The van der Waals surface area contributed by atoms with Gasteiger partial charge >= 0.3 is 0 Å². The van der Waals surface area contributed by atoms with Gasteiger partial charge in [0.05, 0.1) is 7.11 Å². The molecule has 0 spiro atoms. The van der Waals surface area contributed by atoms with Crippen molar-refractivity contribution in [1.29, 1.82) is 0 Å². The second kappa shape index (κ2) is 11.6. The van der Waals surface area contributed by atoms with Crippen LogP contribution < -0.4 is 14.8 Å². The van der Waals surface area contributed by atoms with E-state index < -0.39 is 6.10 Å². The summed E-state index contributed by atoms with van der Waals surface area (Å²) >= 11 is 0. The number of nitrogens with one attached hydrogen (secondary N) is 1. The van der Waals surface area contributed by atoms with Crippen LogP contribution in [0.25, 0.3) is 0 Å². The smallest absolute Gasteiger partial charge is 0.161 e. The Morgan fingerprint density at radius 1 is 1.18 bits per heavy atom. The van der Waals surface area contributed by atoms with Crippen LogP contribution in [0.3, 0.4) is 0 Å². The van der Waals surface area contributed by atoms with E-state index in [1.165, 1.54) is 5.56 Å². The van der Waals surface area contributed by atoms with Gasteiger partial charge in [0.1, 0.15) is 12.7 Å². The Labute approximate surface area is 168 Å². The zero-order valence-electron chi connectivity index (χ0n) is 17.4. The highest BCUT2D eigenvalue weighted by molar-refractivity contribution is 5.43. The van der Waals surface area contributed by atoms with Crippen molar-refractivity contribution in [2.45, 2.75) is 39.0 Å². The molecule has 1 heterocycles. The monoisotopic (exact) mass is 387 g/mol. The Morgan fingerprint density at radius 3 is 2.68 bits per heavy atom. The summed E-state index contributed by atoms with van der Waals surface area (Å²) < 4.78 is 11.2. The molecule has 0 fully saturated rings. The molecule has 0 bridgehead atoms. The van der Waals surface area contributed by atoms with E-state index in [9.17, 15) is 5.11 Å². The molecule has 2 rings (SSSR count). The van der Waals surface area contributed by atoms with Crippen molar-refractivity contribution in [3.05, 3.63) is 53.9 Å². The van der Waals surface area contributed by atoms with Crippen LogP contribution >= 0.6 is 0 Å². The Morgan fingerprint density at radius 2 is 2.00 bits per heavy atom. The van der Waals surface area contributed by atoms with Crippen molar-refractivity contribution in [3.8, 4) is 11.5 Å². The molecule has 1 atom stereocenters. The van der Waals surface area contributed by atoms with Crippen LogP contribution in [0.15, 0.2) is 42.7 Å². The number of aliphatic hydroxyl groups excluding tert-OH is 1. The lowest BCUT2D eigenvalue weighted by Crippen LogP contribution is -2.36. The largest absolute Gasteiger partial charge is 0.493 e. The first-order valence-electron chi connectivity index (χ1n) is 9.77. The van der Waals surface area contributed by atoms with Gasteiger partial charge in [-0.15, -0.1) is 0 Å². The molecule has 2 N–H and O–H groups in total. The Kier molecular flexibility index (Phi) is 9.20. The molecule has 0 saturated carbocycles. The molecule has 0 unspecified atom stereocenters. The highest BCUT2D eigenvalue weighted by Gasteiger charge is 2.13. The first-order valence-corrected chi connectivity index (χ1v) is 9.77. The van der Waals surface area contributed by atoms with Gasteiger partial charge in [-0.05, 0) is 63.2 Å². The van der Waals surface area contributed by atoms with Gasteiger partial charge in [-0.3, -0.25) is 4.98 Å². The minimum Gasteiger partial charge on any atom is -0.493 e. The van der Waals surface area contributed by atoms with Gasteiger partial charge < -0.3 is 24.8 Å². The predicted molar refractivity (Wildman–Crippen MR) is 112 cm³/mol. The molecule has 1 aromatic carbocycles. The number of benzene rings is 1. The fourth-order valence-corrected chi connectivity index (χ4v) is 2.73. The third-order valence-corrected chi connectivity index (χ3v) is 4.68. The van der Waals surface area contributed by atoms with Crippen molar-refractivity contribution >= 4 is 0 Å². The van der Waals surface area contributed by atoms with E-state index >= 15 is 0 Å². The maximum Gasteiger partial charge on any atom is 0.161 e. The zero-order valence-corrected chi connectivity index (χ0v) is 17.4. The van der Waals surface area contributed by atoms with Crippen LogP contribution in [-0.2, 0) is 13.0 Å². The maximum absolute atomic E-state index is 10.2. The number of methoxy groups -OCH3 is 1. The van der Waals surface area contributed by atoms with Gasteiger partial charge in [-0.1, -0.05) is 12.1 Å². The zero-order chi connectivity index (χ0) is 20.4. The van der Waals surface area contributed by atoms with Gasteiger partial charge in [0.2, 0.25) is 0 Å². The summed E-state index contributed by atoms with van der Waals surface area (Å²) in [5, 5.41) is 13.6. The summed E-state index contributed by atoms with van der Waals surface area (Å²) in [5.74, 6) is 1.32. The molecule has 0 radical (unpaired) electrons. The Bertz CT molecular complexity index is 695. The fourth-order valence-electron chi connectivity index (χ4n) is 2.73. The molecule has 6 nitrogen and oxygen atoms in total. The Hall–Kier alpha value is -2.15. The lowest BCUT2D eigenvalue weighted by molar-refractivity contribution is 0.0668. The standard InChI is InChI=1S/C22H33N3O3/c1-17(2)25(3)15-20(26)16-28-21-8-7-19(12-22(21)27-4)14-24-11-9-18-6-5-10-23-13-18/h5-8,10,12-13,17,20,24,26H,9,11,14-16H2,1-4H3/t20-/m0/s1. The molecule has 0 amide bonds. The predicted octanol–water partition coefficient (Wildman–Crippen LogP) is 2.50. The number of nitrogens with zero attached hydrogens (tertiary/aromatic N) is 2. The number of pyridine rings is 1. The van der Waals surface area contributed by atoms with Gasteiger partial charge in [-0.25, -0.2) is 0 Å². The number of hydrogen-bond acceptors (Lipinski definition) is 6. The molecule has 2 aromatic rings. The summed E-state index contributed by atoms with van der Waals surface area (Å²) in [6.07, 6.45) is 4.07. The first-order chi connectivity index (χ1) is 13.5. The van der Waals surface area contributed by atoms with Crippen LogP contribution in [-0.4, -0.2) is 61.0 Å². The van der Waals surface area contributed by atoms with Crippen LogP contribution in [0, 0.1) is 0 Å². The van der Waals surface area contributed by atoms with Gasteiger partial charge in [-0.2, -0.15) is 0 Å². The van der Waals surface area contributed by atoms with Crippen LogP contribution in [0.2, 0.25) is 0 Å². The lowest BCUT2D eigenvalue weighted by atomic mass is 10.2. The molecule has 0 aliphatic heterocycles. The summed E-state index contributed by atoms with van der Waals surface area (Å²) in [4.78, 5) is 6.22. The van der Waals surface area contributed by atoms with Gasteiger partial charge in [0, 0.05) is 31.5 Å². The highest BCUT2D eigenvalue weighted by Crippen LogP contribution is 2.28. The molecule has 28 heavy (non-hydrogen) atoms. The minimum absolute atomic E-state index is 0.232. The topological polar surface area (TPSA) is 66.8 Å². The summed E-state index contributed by atoms with van der Waals surface area (Å²) in [7, 11) is 3.62. The average Bonchev–Trinajstić information content (AvgIpc) is 2.70. The van der Waals surface area contributed by atoms with E-state index in [1.54, 1.807) is 13.3 Å². The third-order valence-electron chi connectivity index (χ3n) is 4.68. The molecule has 0 aliphatic carbocycles. The van der Waals surface area contributed by atoms with E-state index in [-0.39, 0.29) is 6.61 Å². The number of hydrogen-bond donors (Lipinski definition) is 2. The number of aliphatic hydroxyl groups is 1. The quantitative estimate of drug-likeness (QED) is 0.546. The summed E-state index contributed by atoms with van der Waals surface area (Å²) in [6, 6.07) is 10.3. The van der Waals surface area contributed by atoms with E-state index in [4.69, 9.17) is 9.47 Å². The summed E-state index contributed by atoms with van der Waals surface area (Å²) in [5.41, 5.74) is 2.34. The highest BCUT2D eigenvalue weighted by atomic mass is 16.5. The summed E-state index contributed by atoms with van der Waals surface area (Å²) in [6.45, 7) is 6.62. The molecule has 0 aliphatic rings. The van der Waals surface area contributed by atoms with Crippen LogP contribution in [0.1, 0.15) is 25.0 Å². The third kappa shape index (κ3) is 7.46. The normalized spacial score (nSPS) is 12.4. The fraction of sp³-hybridized carbons (Fsp3) is 0.500. The molecular formula is C22H33N3O3. The van der Waals surface area contributed by atoms with E-state index in [0.717, 1.165) is 25.1 Å². The Balaban J connectivity index is 1.80. The lowest BCUT2D eigenvalue weighted by Gasteiger charge is -2.24. The second-order valence-electron chi connectivity index (χ2n) is 7.27. The number of ether oxygens (including phenoxy) is 2. The molecular weight excluding hydrogens is 354 g/mol. The van der Waals surface area contributed by atoms with Crippen molar-refractivity contribution < 1.29 is 14.6 Å². The van der Waals surface area contributed by atoms with E-state index in [0.29, 0.717) is 24.1 Å². The maximum atomic E-state index is 10.2. The van der Waals surface area contributed by atoms with Crippen molar-refractivity contribution in [3.63, 3.8) is 0 Å². The van der Waals surface area contributed by atoms with Gasteiger partial charge in [0.25, 0.3) is 0 Å². The van der Waals surface area contributed by atoms with Crippen LogP contribution in [0.4, 0.5) is 0 Å². The number of rotatable bonds is 12. The molecule has 0 saturated heterocycles. The average molecular weight is 388 g/mol. The SMILES string of the molecule is COc1cc(CNCCc2cccnc2)ccc1OC[C@@H](O)CN(C)C(C)C. The van der Waals surface area contributed by atoms with Crippen molar-refractivity contribution in [2.24, 2.45) is 0 Å². The van der Waals surface area contributed by atoms with Crippen molar-refractivity contribution in [1.82, 2.24) is 15.2 Å². The van der Waals surface area contributed by atoms with Crippen molar-refractivity contribution in [2.75, 3.05) is 33.9 Å². The second-order valence-corrected chi connectivity index (χ2v) is 7.27. The number of aromatic nitrogens is 1. The van der Waals surface area contributed by atoms with E-state index in [2.05, 4.69) is 35.1 Å². The first kappa shape index (κ1) is 22.1.